The van der Waals surface area contributed by atoms with Crippen LogP contribution in [0.4, 0.5) is 4.39 Å². The van der Waals surface area contributed by atoms with Gasteiger partial charge < -0.3 is 15.3 Å². The number of hydrogen-bond acceptors (Lipinski definition) is 5. The van der Waals surface area contributed by atoms with Gasteiger partial charge in [-0.3, -0.25) is 10.2 Å². The monoisotopic (exact) mass is 408 g/mol. The van der Waals surface area contributed by atoms with Crippen LogP contribution in [0, 0.1) is 11.7 Å². The number of halogens is 1. The molecule has 3 N–H and O–H groups in total. The van der Waals surface area contributed by atoms with Crippen molar-refractivity contribution in [1.82, 2.24) is 15.6 Å². The third-order valence-electron chi connectivity index (χ3n) is 6.08. The van der Waals surface area contributed by atoms with Crippen molar-refractivity contribution in [2.75, 3.05) is 19.6 Å². The van der Waals surface area contributed by atoms with E-state index in [1.54, 1.807) is 17.0 Å². The molecule has 2 aromatic carbocycles. The second kappa shape index (κ2) is 7.81. The molecular weight excluding hydrogens is 383 g/mol. The fourth-order valence-electron chi connectivity index (χ4n) is 4.04. The van der Waals surface area contributed by atoms with Gasteiger partial charge in [0.1, 0.15) is 5.82 Å². The van der Waals surface area contributed by atoms with Crippen LogP contribution in [0.3, 0.4) is 0 Å². The first-order valence-electron chi connectivity index (χ1n) is 10.5. The van der Waals surface area contributed by atoms with E-state index in [1.807, 2.05) is 24.3 Å². The number of rotatable bonds is 6. The van der Waals surface area contributed by atoms with E-state index in [2.05, 4.69) is 15.8 Å². The van der Waals surface area contributed by atoms with E-state index in [1.165, 1.54) is 18.9 Å². The van der Waals surface area contributed by atoms with Crippen LogP contribution in [-0.2, 0) is 6.42 Å². The number of aliphatic hydroxyl groups is 1. The van der Waals surface area contributed by atoms with Crippen LogP contribution in [0.25, 0.3) is 0 Å². The Bertz CT molecular complexity index is 998. The van der Waals surface area contributed by atoms with Crippen molar-refractivity contribution in [2.45, 2.75) is 31.5 Å². The van der Waals surface area contributed by atoms with Crippen LogP contribution in [-0.4, -0.2) is 47.3 Å². The number of hydrazone groups is 1. The highest BCUT2D eigenvalue weighted by Crippen LogP contribution is 2.28. The van der Waals surface area contributed by atoms with Crippen LogP contribution >= 0.6 is 0 Å². The smallest absolute Gasteiger partial charge is 0.256 e. The lowest BCUT2D eigenvalue weighted by Gasteiger charge is -2.40. The van der Waals surface area contributed by atoms with Crippen LogP contribution in [0.5, 0.6) is 0 Å². The molecule has 6 nitrogen and oxygen atoms in total. The summed E-state index contributed by atoms with van der Waals surface area (Å²) in [7, 11) is 0. The van der Waals surface area contributed by atoms with Crippen LogP contribution < -0.4 is 10.7 Å². The predicted octanol–water partition coefficient (Wildman–Crippen LogP) is 2.19. The van der Waals surface area contributed by atoms with E-state index >= 15 is 0 Å². The van der Waals surface area contributed by atoms with Gasteiger partial charge in [-0.25, -0.2) is 4.39 Å². The van der Waals surface area contributed by atoms with E-state index in [-0.39, 0.29) is 11.5 Å². The zero-order valence-corrected chi connectivity index (χ0v) is 16.6. The molecule has 3 aliphatic rings. The Labute approximate surface area is 174 Å². The molecule has 1 unspecified atom stereocenters. The summed E-state index contributed by atoms with van der Waals surface area (Å²) in [5.41, 5.74) is 5.97. The van der Waals surface area contributed by atoms with Gasteiger partial charge in [0.05, 0.1) is 11.3 Å². The Kier molecular flexibility index (Phi) is 5.00. The predicted molar refractivity (Wildman–Crippen MR) is 112 cm³/mol. The topological polar surface area (TPSA) is 77.0 Å². The first-order chi connectivity index (χ1) is 14.6. The van der Waals surface area contributed by atoms with Gasteiger partial charge in [0.2, 0.25) is 0 Å². The van der Waals surface area contributed by atoms with Crippen molar-refractivity contribution in [3.8, 4) is 0 Å². The fourth-order valence-corrected chi connectivity index (χ4v) is 4.04. The van der Waals surface area contributed by atoms with Crippen molar-refractivity contribution in [1.29, 1.82) is 0 Å². The first kappa shape index (κ1) is 19.2. The summed E-state index contributed by atoms with van der Waals surface area (Å²) < 4.78 is 14.4. The minimum Gasteiger partial charge on any atom is -0.368 e. The van der Waals surface area contributed by atoms with Gasteiger partial charge in [0.25, 0.3) is 5.91 Å². The van der Waals surface area contributed by atoms with Crippen molar-refractivity contribution < 1.29 is 14.3 Å². The number of aliphatic hydroxyl groups excluding tert-OH is 1. The van der Waals surface area contributed by atoms with Gasteiger partial charge >= 0.3 is 0 Å². The third kappa shape index (κ3) is 3.82. The van der Waals surface area contributed by atoms with Crippen LogP contribution in [0.1, 0.15) is 46.1 Å². The molecule has 0 spiro atoms. The van der Waals surface area contributed by atoms with Crippen molar-refractivity contribution in [2.24, 2.45) is 11.0 Å². The average molecular weight is 408 g/mol. The third-order valence-corrected chi connectivity index (χ3v) is 6.08. The SMILES string of the molecule is O=C(c1cc(CC2=NNC(O)c3ccccc32)ccc1F)N1CC(NCC2CC2)C1. The van der Waals surface area contributed by atoms with Gasteiger partial charge in [0, 0.05) is 36.7 Å². The summed E-state index contributed by atoms with van der Waals surface area (Å²) >= 11 is 0. The van der Waals surface area contributed by atoms with E-state index in [9.17, 15) is 14.3 Å². The molecule has 2 aromatic rings. The molecule has 2 aliphatic heterocycles. The fraction of sp³-hybridized carbons (Fsp3) is 0.391. The molecular formula is C23H25FN4O2. The maximum Gasteiger partial charge on any atom is 0.256 e. The maximum absolute atomic E-state index is 14.4. The Hall–Kier alpha value is -2.77. The minimum atomic E-state index is -0.844. The van der Waals surface area contributed by atoms with Crippen molar-refractivity contribution >= 4 is 11.6 Å². The Morgan fingerprint density at radius 2 is 2.03 bits per heavy atom. The highest BCUT2D eigenvalue weighted by molar-refractivity contribution is 6.04. The molecule has 1 amide bonds. The molecule has 1 saturated heterocycles. The number of nitrogens with zero attached hydrogens (tertiary/aromatic N) is 2. The average Bonchev–Trinajstić information content (AvgIpc) is 3.55. The molecule has 2 fully saturated rings. The largest absolute Gasteiger partial charge is 0.368 e. The molecule has 30 heavy (non-hydrogen) atoms. The normalized spacial score (nSPS) is 20.8. The molecule has 7 heteroatoms. The highest BCUT2D eigenvalue weighted by Gasteiger charge is 2.33. The van der Waals surface area contributed by atoms with Crippen LogP contribution in [0.15, 0.2) is 47.6 Å². The molecule has 156 valence electrons. The van der Waals surface area contributed by atoms with E-state index in [0.717, 1.165) is 34.9 Å². The standard InChI is InChI=1S/C23H25FN4O2/c24-20-8-7-15(10-21-17-3-1-2-4-18(17)22(29)27-26-21)9-19(20)23(30)28-12-16(13-28)25-11-14-5-6-14/h1-4,7-9,14,16,22,25,27,29H,5-6,10-13H2. The molecule has 1 atom stereocenters. The zero-order chi connectivity index (χ0) is 20.7. The quantitative estimate of drug-likeness (QED) is 0.685. The lowest BCUT2D eigenvalue weighted by atomic mass is 9.95. The van der Waals surface area contributed by atoms with Gasteiger partial charge in [-0.05, 0) is 43.0 Å². The van der Waals surface area contributed by atoms with Crippen molar-refractivity contribution in [3.05, 3.63) is 70.5 Å². The summed E-state index contributed by atoms with van der Waals surface area (Å²) in [5.74, 6) is 0.0309. The summed E-state index contributed by atoms with van der Waals surface area (Å²) in [5, 5.41) is 17.8. The first-order valence-corrected chi connectivity index (χ1v) is 10.5. The zero-order valence-electron chi connectivity index (χ0n) is 16.6. The van der Waals surface area contributed by atoms with Gasteiger partial charge in [-0.2, -0.15) is 5.10 Å². The van der Waals surface area contributed by atoms with Gasteiger partial charge in [-0.15, -0.1) is 0 Å². The molecule has 0 aromatic heterocycles. The Morgan fingerprint density at radius 1 is 1.23 bits per heavy atom. The molecule has 0 radical (unpaired) electrons. The van der Waals surface area contributed by atoms with Gasteiger partial charge in [0.15, 0.2) is 6.23 Å². The summed E-state index contributed by atoms with van der Waals surface area (Å²) in [6, 6.07) is 12.5. The second-order valence-electron chi connectivity index (χ2n) is 8.43. The summed E-state index contributed by atoms with van der Waals surface area (Å²) in [4.78, 5) is 14.5. The molecule has 0 bridgehead atoms. The van der Waals surface area contributed by atoms with Crippen molar-refractivity contribution in [3.63, 3.8) is 0 Å². The summed E-state index contributed by atoms with van der Waals surface area (Å²) in [6.45, 7) is 2.26. The molecule has 1 aliphatic carbocycles. The number of carbonyl (C=O) groups is 1. The molecule has 1 saturated carbocycles. The number of nitrogens with one attached hydrogen (secondary N) is 2. The van der Waals surface area contributed by atoms with Gasteiger partial charge in [-0.1, -0.05) is 30.3 Å². The second-order valence-corrected chi connectivity index (χ2v) is 8.43. The molecule has 2 heterocycles. The number of likely N-dealkylation sites (tertiary alicyclic amines) is 1. The number of carbonyl (C=O) groups excluding carboxylic acids is 1. The number of hydrogen-bond donors (Lipinski definition) is 3. The lowest BCUT2D eigenvalue weighted by Crippen LogP contribution is -2.60. The summed E-state index contributed by atoms with van der Waals surface area (Å²) in [6.07, 6.45) is 2.18. The van der Waals surface area contributed by atoms with E-state index < -0.39 is 12.0 Å². The lowest BCUT2D eigenvalue weighted by molar-refractivity contribution is 0.0562. The van der Waals surface area contributed by atoms with E-state index in [0.29, 0.717) is 25.6 Å². The van der Waals surface area contributed by atoms with E-state index in [4.69, 9.17) is 0 Å². The minimum absolute atomic E-state index is 0.103. The Morgan fingerprint density at radius 3 is 2.83 bits per heavy atom. The maximum atomic E-state index is 14.4. The number of benzene rings is 2. The van der Waals surface area contributed by atoms with Crippen LogP contribution in [0.2, 0.25) is 0 Å². The highest BCUT2D eigenvalue weighted by atomic mass is 19.1. The molecule has 5 rings (SSSR count). The Balaban J connectivity index is 1.28. The number of amides is 1. The number of fused-ring (bicyclic) bond motifs is 1.